The number of piperidine rings is 1. The van der Waals surface area contributed by atoms with Crippen LogP contribution in [0.25, 0.3) is 10.4 Å². The quantitative estimate of drug-likeness (QED) is 0.271. The molecule has 0 saturated carbocycles. The van der Waals surface area contributed by atoms with Gasteiger partial charge in [0.25, 0.3) is 0 Å². The van der Waals surface area contributed by atoms with E-state index in [1.807, 2.05) is 18.2 Å². The monoisotopic (exact) mass is 412 g/mol. The van der Waals surface area contributed by atoms with Crippen molar-refractivity contribution >= 4 is 34.2 Å². The Bertz CT molecular complexity index is 644. The van der Waals surface area contributed by atoms with Gasteiger partial charge < -0.3 is 10.1 Å². The fraction of sp³-hybridized carbons (Fsp3) is 0.533. The molecule has 4 atom stereocenters. The van der Waals surface area contributed by atoms with Crippen LogP contribution in [0.5, 0.6) is 0 Å². The molecule has 0 amide bonds. The van der Waals surface area contributed by atoms with Crippen LogP contribution in [-0.4, -0.2) is 25.2 Å². The van der Waals surface area contributed by atoms with E-state index in [0.717, 1.165) is 28.4 Å². The second kappa shape index (κ2) is 6.44. The van der Waals surface area contributed by atoms with Crippen LogP contribution in [0.4, 0.5) is 5.69 Å². The highest BCUT2D eigenvalue weighted by Gasteiger charge is 2.46. The molecule has 2 aliphatic rings. The first-order valence-corrected chi connectivity index (χ1v) is 8.40. The van der Waals surface area contributed by atoms with Gasteiger partial charge in [0.15, 0.2) is 0 Å². The van der Waals surface area contributed by atoms with E-state index in [-0.39, 0.29) is 23.8 Å². The van der Waals surface area contributed by atoms with Gasteiger partial charge in [-0.05, 0) is 59.0 Å². The smallest absolute Gasteiger partial charge is 0.310 e. The summed E-state index contributed by atoms with van der Waals surface area (Å²) in [6.07, 6.45) is 3.07. The first-order valence-electron chi connectivity index (χ1n) is 7.32. The number of azide groups is 1. The van der Waals surface area contributed by atoms with Gasteiger partial charge in [-0.1, -0.05) is 17.2 Å². The van der Waals surface area contributed by atoms with E-state index in [9.17, 15) is 4.79 Å². The molecule has 0 aromatic heterocycles. The molecule has 1 aromatic carbocycles. The van der Waals surface area contributed by atoms with Gasteiger partial charge in [0.2, 0.25) is 0 Å². The zero-order valence-corrected chi connectivity index (χ0v) is 14.4. The molecule has 2 fully saturated rings. The number of rotatable bonds is 3. The summed E-state index contributed by atoms with van der Waals surface area (Å²) in [5.74, 6) is -0.137. The molecule has 2 heterocycles. The molecule has 0 radical (unpaired) electrons. The van der Waals surface area contributed by atoms with Gasteiger partial charge in [0.1, 0.15) is 0 Å². The molecule has 7 heteroatoms. The van der Waals surface area contributed by atoms with Gasteiger partial charge in [-0.2, -0.15) is 0 Å². The summed E-state index contributed by atoms with van der Waals surface area (Å²) in [6.45, 7) is 0. The van der Waals surface area contributed by atoms with Crippen LogP contribution >= 0.6 is 22.6 Å². The Balaban J connectivity index is 1.95. The molecule has 0 spiro atoms. The van der Waals surface area contributed by atoms with Crippen LogP contribution in [-0.2, 0) is 9.53 Å². The fourth-order valence-corrected chi connectivity index (χ4v) is 4.39. The number of methoxy groups -OCH3 is 1. The van der Waals surface area contributed by atoms with Gasteiger partial charge in [0.05, 0.1) is 18.7 Å². The lowest BCUT2D eigenvalue weighted by atomic mass is 9.77. The van der Waals surface area contributed by atoms with Crippen LogP contribution in [0.1, 0.15) is 30.7 Å². The maximum Gasteiger partial charge on any atom is 0.310 e. The van der Waals surface area contributed by atoms with Crippen LogP contribution in [0.2, 0.25) is 0 Å². The predicted molar refractivity (Wildman–Crippen MR) is 90.8 cm³/mol. The van der Waals surface area contributed by atoms with Gasteiger partial charge in [-0.3, -0.25) is 4.79 Å². The molecule has 2 saturated heterocycles. The Hall–Kier alpha value is -1.31. The average Bonchev–Trinajstić information content (AvgIpc) is 2.90. The molecule has 6 nitrogen and oxygen atoms in total. The van der Waals surface area contributed by atoms with Gasteiger partial charge in [-0.15, -0.1) is 0 Å². The molecule has 2 bridgehead atoms. The number of halogens is 1. The zero-order valence-electron chi connectivity index (χ0n) is 12.2. The van der Waals surface area contributed by atoms with Crippen molar-refractivity contribution in [1.82, 2.24) is 5.32 Å². The Morgan fingerprint density at radius 3 is 3.00 bits per heavy atom. The van der Waals surface area contributed by atoms with E-state index in [1.165, 1.54) is 7.11 Å². The topological polar surface area (TPSA) is 87.1 Å². The number of carbonyl (C=O) groups excluding carboxylic acids is 1. The Morgan fingerprint density at radius 2 is 2.32 bits per heavy atom. The van der Waals surface area contributed by atoms with Gasteiger partial charge in [0, 0.05) is 26.5 Å². The lowest BCUT2D eigenvalue weighted by molar-refractivity contribution is -0.148. The van der Waals surface area contributed by atoms with Gasteiger partial charge >= 0.3 is 5.97 Å². The van der Waals surface area contributed by atoms with E-state index in [0.29, 0.717) is 11.7 Å². The van der Waals surface area contributed by atoms with Gasteiger partial charge in [-0.25, -0.2) is 0 Å². The highest BCUT2D eigenvalue weighted by Crippen LogP contribution is 2.43. The molecule has 1 N–H and O–H groups in total. The molecule has 3 rings (SSSR count). The van der Waals surface area contributed by atoms with Crippen LogP contribution < -0.4 is 5.32 Å². The normalized spacial score (nSPS) is 29.7. The fourth-order valence-electron chi connectivity index (χ4n) is 3.74. The molecule has 22 heavy (non-hydrogen) atoms. The van der Waals surface area contributed by atoms with E-state index in [4.69, 9.17) is 10.3 Å². The molecule has 2 aliphatic heterocycles. The van der Waals surface area contributed by atoms with Crippen molar-refractivity contribution in [3.05, 3.63) is 37.8 Å². The van der Waals surface area contributed by atoms with E-state index in [2.05, 4.69) is 37.9 Å². The number of hydrogen-bond acceptors (Lipinski definition) is 4. The summed E-state index contributed by atoms with van der Waals surface area (Å²) in [4.78, 5) is 15.1. The van der Waals surface area contributed by atoms with E-state index >= 15 is 0 Å². The largest absolute Gasteiger partial charge is 0.469 e. The second-order valence-corrected chi connectivity index (χ2v) is 7.00. The van der Waals surface area contributed by atoms with Crippen molar-refractivity contribution in [2.45, 2.75) is 37.3 Å². The van der Waals surface area contributed by atoms with Crippen LogP contribution in [0, 0.1) is 9.49 Å². The van der Waals surface area contributed by atoms with E-state index in [1.54, 1.807) is 0 Å². The molecule has 1 aromatic rings. The summed E-state index contributed by atoms with van der Waals surface area (Å²) >= 11 is 2.17. The SMILES string of the molecule is COC(=O)C1C2CC[C@H](C[C@@H]1c1ccc(N=[N+]=[N-])c(I)c1)N2. The second-order valence-electron chi connectivity index (χ2n) is 5.84. The predicted octanol–water partition coefficient (Wildman–Crippen LogP) is 3.63. The maximum atomic E-state index is 12.3. The third-order valence-electron chi connectivity index (χ3n) is 4.71. The number of carbonyl (C=O) groups is 1. The highest BCUT2D eigenvalue weighted by atomic mass is 127. The number of ether oxygens (including phenoxy) is 1. The molecule has 2 unspecified atom stereocenters. The Kier molecular flexibility index (Phi) is 4.56. The zero-order chi connectivity index (χ0) is 15.7. The third-order valence-corrected chi connectivity index (χ3v) is 5.57. The Morgan fingerprint density at radius 1 is 1.50 bits per heavy atom. The minimum absolute atomic E-state index is 0.142. The molecular weight excluding hydrogens is 395 g/mol. The number of esters is 1. The number of nitrogens with one attached hydrogen (secondary N) is 1. The molecule has 0 aliphatic carbocycles. The summed E-state index contributed by atoms with van der Waals surface area (Å²) in [5.41, 5.74) is 10.3. The average molecular weight is 412 g/mol. The summed E-state index contributed by atoms with van der Waals surface area (Å²) < 4.78 is 5.94. The summed E-state index contributed by atoms with van der Waals surface area (Å²) in [5, 5.41) is 7.21. The van der Waals surface area contributed by atoms with Crippen LogP contribution in [0.3, 0.4) is 0 Å². The number of hydrogen-bond donors (Lipinski definition) is 1. The van der Waals surface area contributed by atoms with Crippen molar-refractivity contribution in [2.75, 3.05) is 7.11 Å². The van der Waals surface area contributed by atoms with Crippen LogP contribution in [0.15, 0.2) is 23.3 Å². The Labute approximate surface area is 142 Å². The highest BCUT2D eigenvalue weighted by molar-refractivity contribution is 14.1. The molecular formula is C15H17IN4O2. The summed E-state index contributed by atoms with van der Waals surface area (Å²) in [7, 11) is 1.45. The first kappa shape index (κ1) is 15.6. The minimum atomic E-state index is -0.148. The lowest BCUT2D eigenvalue weighted by Gasteiger charge is -2.36. The van der Waals surface area contributed by atoms with Crippen molar-refractivity contribution in [3.63, 3.8) is 0 Å². The number of nitrogens with zero attached hydrogens (tertiary/aromatic N) is 3. The lowest BCUT2D eigenvalue weighted by Crippen LogP contribution is -2.48. The minimum Gasteiger partial charge on any atom is -0.469 e. The maximum absolute atomic E-state index is 12.3. The number of benzene rings is 1. The van der Waals surface area contributed by atoms with Crippen molar-refractivity contribution in [3.8, 4) is 0 Å². The van der Waals surface area contributed by atoms with E-state index < -0.39 is 0 Å². The van der Waals surface area contributed by atoms with Crippen molar-refractivity contribution < 1.29 is 9.53 Å². The van der Waals surface area contributed by atoms with Crippen molar-refractivity contribution in [1.29, 1.82) is 0 Å². The third kappa shape index (κ3) is 2.80. The first-order chi connectivity index (χ1) is 10.6. The van der Waals surface area contributed by atoms with Crippen molar-refractivity contribution in [2.24, 2.45) is 11.0 Å². The number of fused-ring (bicyclic) bond motifs is 2. The summed E-state index contributed by atoms with van der Waals surface area (Å²) in [6, 6.07) is 6.50. The standard InChI is InChI=1S/C15H17IN4O2/c1-22-15(21)14-10(7-9-3-5-13(14)18-9)8-2-4-12(19-20-17)11(16)6-8/h2,4,6,9-10,13-14,18H,3,5,7H2,1H3/t9-,10-,13?,14?/m1/s1. The molecule has 116 valence electrons.